The lowest BCUT2D eigenvalue weighted by Gasteiger charge is -2.47. The summed E-state index contributed by atoms with van der Waals surface area (Å²) >= 11 is 0. The SMILES string of the molecule is CC1CCC(O)N(C)C1(C)C.F[B-](F)(F)F.[NH4+]. The summed E-state index contributed by atoms with van der Waals surface area (Å²) < 4.78 is 39.0. The molecule has 17 heavy (non-hydrogen) atoms. The molecular weight excluding hydrogens is 239 g/mol. The van der Waals surface area contributed by atoms with Crippen molar-refractivity contribution in [3.8, 4) is 0 Å². The van der Waals surface area contributed by atoms with Gasteiger partial charge < -0.3 is 28.5 Å². The van der Waals surface area contributed by atoms with E-state index in [4.69, 9.17) is 0 Å². The highest BCUT2D eigenvalue weighted by Gasteiger charge is 2.37. The monoisotopic (exact) mass is 262 g/mol. The van der Waals surface area contributed by atoms with Gasteiger partial charge in [0.05, 0.1) is 0 Å². The highest BCUT2D eigenvalue weighted by molar-refractivity contribution is 6.50. The highest BCUT2D eigenvalue weighted by Crippen LogP contribution is 2.33. The van der Waals surface area contributed by atoms with E-state index in [0.29, 0.717) is 5.92 Å². The number of hydrogen-bond acceptors (Lipinski definition) is 2. The van der Waals surface area contributed by atoms with Crippen molar-refractivity contribution in [1.82, 2.24) is 11.1 Å². The second-order valence-electron chi connectivity index (χ2n) is 4.72. The van der Waals surface area contributed by atoms with E-state index in [1.807, 2.05) is 7.05 Å². The van der Waals surface area contributed by atoms with Gasteiger partial charge in [0.1, 0.15) is 6.23 Å². The predicted molar refractivity (Wildman–Crippen MR) is 62.4 cm³/mol. The van der Waals surface area contributed by atoms with Gasteiger partial charge in [0.15, 0.2) is 0 Å². The van der Waals surface area contributed by atoms with Gasteiger partial charge in [-0.05, 0) is 39.7 Å². The lowest BCUT2D eigenvalue weighted by Crippen LogP contribution is -2.54. The van der Waals surface area contributed by atoms with Crippen molar-refractivity contribution >= 4 is 7.25 Å². The largest absolute Gasteiger partial charge is 0.673 e. The maximum atomic E-state index is 9.75. The standard InChI is InChI=1S/C9H19NO.BF4.H3N/c1-7-5-6-8(11)10(4)9(7,2)3;2-1(3,4)5;/h7-8,11H,5-6H2,1-4H3;;1H3/q;-1;/p+1. The fourth-order valence-electron chi connectivity index (χ4n) is 1.68. The first-order chi connectivity index (χ1) is 6.96. The summed E-state index contributed by atoms with van der Waals surface area (Å²) in [6, 6.07) is 0. The molecule has 1 heterocycles. The van der Waals surface area contributed by atoms with Crippen LogP contribution >= 0.6 is 0 Å². The van der Waals surface area contributed by atoms with Crippen LogP contribution in [0.2, 0.25) is 0 Å². The molecule has 1 saturated heterocycles. The first-order valence-electron chi connectivity index (χ1n) is 5.24. The minimum atomic E-state index is -6.00. The predicted octanol–water partition coefficient (Wildman–Crippen LogP) is 3.12. The van der Waals surface area contributed by atoms with Crippen molar-refractivity contribution in [2.45, 2.75) is 45.4 Å². The third-order valence-corrected chi connectivity index (χ3v) is 3.42. The molecule has 0 aliphatic carbocycles. The first-order valence-corrected chi connectivity index (χ1v) is 5.24. The Balaban J connectivity index is 0. The molecule has 0 aromatic rings. The number of likely N-dealkylation sites (tertiary alicyclic amines) is 1. The lowest BCUT2D eigenvalue weighted by atomic mass is 9.80. The Morgan fingerprint density at radius 3 is 1.82 bits per heavy atom. The summed E-state index contributed by atoms with van der Waals surface area (Å²) in [4.78, 5) is 2.07. The van der Waals surface area contributed by atoms with Crippen LogP contribution in [0.3, 0.4) is 0 Å². The summed E-state index contributed by atoms with van der Waals surface area (Å²) in [5.41, 5.74) is 0.150. The van der Waals surface area contributed by atoms with Gasteiger partial charge in [-0.3, -0.25) is 4.90 Å². The Morgan fingerprint density at radius 2 is 1.53 bits per heavy atom. The second kappa shape index (κ2) is 6.56. The number of hydrogen-bond donors (Lipinski definition) is 2. The number of aliphatic hydroxyl groups is 1. The molecule has 1 rings (SSSR count). The highest BCUT2D eigenvalue weighted by atomic mass is 19.5. The maximum Gasteiger partial charge on any atom is 0.673 e. The third-order valence-electron chi connectivity index (χ3n) is 3.42. The molecule has 2 atom stereocenters. The van der Waals surface area contributed by atoms with Gasteiger partial charge in [-0.25, -0.2) is 0 Å². The molecule has 1 aliphatic heterocycles. The van der Waals surface area contributed by atoms with E-state index in [9.17, 15) is 22.4 Å². The van der Waals surface area contributed by atoms with Gasteiger partial charge in [0.25, 0.3) is 0 Å². The van der Waals surface area contributed by atoms with Crippen LogP contribution in [0.1, 0.15) is 33.6 Å². The van der Waals surface area contributed by atoms with Gasteiger partial charge in [0.2, 0.25) is 0 Å². The Bertz CT molecular complexity index is 220. The van der Waals surface area contributed by atoms with Crippen LogP contribution in [0.5, 0.6) is 0 Å². The van der Waals surface area contributed by atoms with Crippen molar-refractivity contribution < 1.29 is 22.4 Å². The van der Waals surface area contributed by atoms with Crippen molar-refractivity contribution in [1.29, 1.82) is 0 Å². The van der Waals surface area contributed by atoms with Crippen molar-refractivity contribution in [3.05, 3.63) is 0 Å². The van der Waals surface area contributed by atoms with Crippen LogP contribution in [0.4, 0.5) is 17.3 Å². The number of aliphatic hydroxyl groups excluding tert-OH is 1. The van der Waals surface area contributed by atoms with E-state index < -0.39 is 7.25 Å². The quantitative estimate of drug-likeness (QED) is 0.520. The van der Waals surface area contributed by atoms with Gasteiger partial charge in [0, 0.05) is 5.54 Å². The topological polar surface area (TPSA) is 60.0 Å². The molecule has 1 aliphatic rings. The van der Waals surface area contributed by atoms with Crippen molar-refractivity contribution in [3.63, 3.8) is 0 Å². The van der Waals surface area contributed by atoms with Crippen LogP contribution in [0, 0.1) is 5.92 Å². The fourth-order valence-corrected chi connectivity index (χ4v) is 1.68. The van der Waals surface area contributed by atoms with E-state index in [-0.39, 0.29) is 17.9 Å². The second-order valence-corrected chi connectivity index (χ2v) is 4.72. The molecule has 0 bridgehead atoms. The van der Waals surface area contributed by atoms with Crippen LogP contribution in [-0.4, -0.2) is 36.1 Å². The molecule has 2 unspecified atom stereocenters. The third kappa shape index (κ3) is 6.85. The van der Waals surface area contributed by atoms with Crippen LogP contribution in [-0.2, 0) is 0 Å². The molecule has 0 spiro atoms. The molecule has 5 N–H and O–H groups in total. The molecule has 0 aromatic heterocycles. The maximum absolute atomic E-state index is 9.75. The van der Waals surface area contributed by atoms with Gasteiger partial charge in [-0.15, -0.1) is 0 Å². The minimum Gasteiger partial charge on any atom is -0.418 e. The van der Waals surface area contributed by atoms with E-state index in [1.165, 1.54) is 0 Å². The Morgan fingerprint density at radius 1 is 1.18 bits per heavy atom. The summed E-state index contributed by atoms with van der Waals surface area (Å²) in [7, 11) is -4.00. The van der Waals surface area contributed by atoms with Crippen LogP contribution in [0.25, 0.3) is 0 Å². The number of halogens is 4. The molecule has 8 heteroatoms. The summed E-state index contributed by atoms with van der Waals surface area (Å²) in [6.45, 7) is 6.64. The summed E-state index contributed by atoms with van der Waals surface area (Å²) in [6.07, 6.45) is 1.82. The van der Waals surface area contributed by atoms with E-state index in [2.05, 4.69) is 25.7 Å². The number of rotatable bonds is 0. The zero-order valence-corrected chi connectivity index (χ0v) is 11.1. The summed E-state index contributed by atoms with van der Waals surface area (Å²) in [5, 5.41) is 9.56. The van der Waals surface area contributed by atoms with E-state index in [0.717, 1.165) is 12.8 Å². The Hall–Kier alpha value is -0.335. The van der Waals surface area contributed by atoms with Crippen molar-refractivity contribution in [2.24, 2.45) is 5.92 Å². The van der Waals surface area contributed by atoms with Gasteiger partial charge in [-0.1, -0.05) is 6.92 Å². The average Bonchev–Trinajstić information content (AvgIpc) is 2.07. The van der Waals surface area contributed by atoms with Crippen LogP contribution < -0.4 is 6.15 Å². The molecule has 0 saturated carbocycles. The Labute approximate surface area is 99.9 Å². The lowest BCUT2D eigenvalue weighted by molar-refractivity contribution is -0.0956. The van der Waals surface area contributed by atoms with E-state index >= 15 is 0 Å². The molecule has 3 nitrogen and oxygen atoms in total. The zero-order chi connectivity index (χ0) is 13.1. The van der Waals surface area contributed by atoms with Gasteiger partial charge >= 0.3 is 7.25 Å². The molecule has 0 radical (unpaired) electrons. The Kier molecular flexibility index (Phi) is 7.34. The number of piperidine rings is 1. The zero-order valence-electron chi connectivity index (χ0n) is 11.1. The fraction of sp³-hybridized carbons (Fsp3) is 1.00. The van der Waals surface area contributed by atoms with Crippen LogP contribution in [0.15, 0.2) is 0 Å². The number of nitrogens with zero attached hydrogens (tertiary/aromatic N) is 1. The molecular formula is C9H23BF4N2O. The summed E-state index contributed by atoms with van der Waals surface area (Å²) in [5.74, 6) is 0.677. The molecule has 0 amide bonds. The molecule has 0 aromatic carbocycles. The molecule has 1 fully saturated rings. The van der Waals surface area contributed by atoms with Crippen molar-refractivity contribution in [2.75, 3.05) is 7.05 Å². The smallest absolute Gasteiger partial charge is 0.418 e. The average molecular weight is 262 g/mol. The number of quaternary nitrogens is 1. The normalized spacial score (nSPS) is 28.8. The first kappa shape index (κ1) is 19.0. The van der Waals surface area contributed by atoms with Gasteiger partial charge in [-0.2, -0.15) is 0 Å². The minimum absolute atomic E-state index is 0. The van der Waals surface area contributed by atoms with E-state index in [1.54, 1.807) is 0 Å². The molecule has 106 valence electrons.